The number of benzene rings is 1. The zero-order valence-corrected chi connectivity index (χ0v) is 7.62. The van der Waals surface area contributed by atoms with Gasteiger partial charge < -0.3 is 4.32 Å². The minimum absolute atomic E-state index is 0.367. The van der Waals surface area contributed by atoms with Gasteiger partial charge in [0.2, 0.25) is 0 Å². The Morgan fingerprint density at radius 2 is 2.23 bits per heavy atom. The summed E-state index contributed by atoms with van der Waals surface area (Å²) >= 11 is 0. The number of nitrogens with zero attached hydrogens (tertiary/aromatic N) is 1. The Kier molecular flexibility index (Phi) is 3.17. The Morgan fingerprint density at radius 3 is 2.69 bits per heavy atom. The summed E-state index contributed by atoms with van der Waals surface area (Å²) in [6.45, 7) is 3.55. The first-order chi connectivity index (χ1) is 6.19. The van der Waals surface area contributed by atoms with E-state index in [1.54, 1.807) is 25.1 Å². The average Bonchev–Trinajstić information content (AvgIpc) is 2.16. The van der Waals surface area contributed by atoms with Crippen molar-refractivity contribution in [2.24, 2.45) is 5.18 Å². The van der Waals surface area contributed by atoms with Crippen molar-refractivity contribution in [1.82, 2.24) is 0 Å². The lowest BCUT2D eigenvalue weighted by Crippen LogP contribution is -2.10. The Morgan fingerprint density at radius 1 is 1.54 bits per heavy atom. The Balaban J connectivity index is 3.04. The predicted octanol–water partition coefficient (Wildman–Crippen LogP) is 2.04. The number of aryl methyl sites for hydroxylation is 1. The first-order valence-electron chi connectivity index (χ1n) is 4.05. The zero-order chi connectivity index (χ0) is 9.84. The van der Waals surface area contributed by atoms with E-state index in [-0.39, 0.29) is 6.04 Å². The van der Waals surface area contributed by atoms with E-state index in [4.69, 9.17) is 0 Å². The Labute approximate surface area is 77.4 Å². The van der Waals surface area contributed by atoms with E-state index >= 15 is 0 Å². The number of hydrogen-bond donors (Lipinski definition) is 0. The standard InChI is InChI=1S/C9H10BFNO/c1-6-5-8(10-11)3-4-9(6)7(2)12-13/h3-5,7H,1-2H3/t7-/m0/s1. The summed E-state index contributed by atoms with van der Waals surface area (Å²) in [6.07, 6.45) is 0. The molecule has 0 saturated heterocycles. The summed E-state index contributed by atoms with van der Waals surface area (Å²) in [4.78, 5) is 10.3. The molecule has 0 bridgehead atoms. The summed E-state index contributed by atoms with van der Waals surface area (Å²) in [5.41, 5.74) is 2.25. The molecule has 0 aliphatic rings. The van der Waals surface area contributed by atoms with E-state index in [1.807, 2.05) is 6.92 Å². The third-order valence-electron chi connectivity index (χ3n) is 2.03. The van der Waals surface area contributed by atoms with Gasteiger partial charge in [-0.1, -0.05) is 23.4 Å². The van der Waals surface area contributed by atoms with Gasteiger partial charge in [-0.25, -0.2) is 0 Å². The van der Waals surface area contributed by atoms with Crippen LogP contribution >= 0.6 is 0 Å². The van der Waals surface area contributed by atoms with Gasteiger partial charge >= 0.3 is 7.56 Å². The second-order valence-corrected chi connectivity index (χ2v) is 3.01. The van der Waals surface area contributed by atoms with Crippen LogP contribution in [-0.2, 0) is 0 Å². The van der Waals surface area contributed by atoms with Crippen LogP contribution in [0.1, 0.15) is 24.1 Å². The van der Waals surface area contributed by atoms with E-state index in [2.05, 4.69) is 5.18 Å². The molecule has 0 aliphatic heterocycles. The van der Waals surface area contributed by atoms with E-state index in [1.165, 1.54) is 0 Å². The van der Waals surface area contributed by atoms with Gasteiger partial charge in [0.05, 0.1) is 0 Å². The SMILES string of the molecule is Cc1cc([B]F)ccc1[C@H](C)N=O. The van der Waals surface area contributed by atoms with Crippen molar-refractivity contribution in [3.63, 3.8) is 0 Å². The van der Waals surface area contributed by atoms with Gasteiger partial charge in [-0.2, -0.15) is 4.91 Å². The summed E-state index contributed by atoms with van der Waals surface area (Å²) < 4.78 is 12.1. The number of rotatable bonds is 3. The van der Waals surface area contributed by atoms with Gasteiger partial charge in [-0.15, -0.1) is 0 Å². The molecule has 67 valence electrons. The number of nitroso groups, excluding NO2 is 1. The van der Waals surface area contributed by atoms with Crippen LogP contribution in [0.3, 0.4) is 0 Å². The summed E-state index contributed by atoms with van der Waals surface area (Å²) in [5, 5.41) is 2.92. The number of halogens is 1. The molecule has 1 aromatic rings. The van der Waals surface area contributed by atoms with Crippen LogP contribution in [0, 0.1) is 11.8 Å². The summed E-state index contributed by atoms with van der Waals surface area (Å²) in [5.74, 6) is 0. The normalized spacial score (nSPS) is 12.2. The van der Waals surface area contributed by atoms with Crippen LogP contribution in [0.25, 0.3) is 0 Å². The lowest BCUT2D eigenvalue weighted by molar-refractivity contribution is 0.804. The van der Waals surface area contributed by atoms with Crippen molar-refractivity contribution in [3.05, 3.63) is 34.2 Å². The van der Waals surface area contributed by atoms with Crippen molar-refractivity contribution in [3.8, 4) is 0 Å². The van der Waals surface area contributed by atoms with E-state index in [0.717, 1.165) is 11.1 Å². The van der Waals surface area contributed by atoms with Crippen molar-refractivity contribution >= 4 is 13.0 Å². The molecule has 0 unspecified atom stereocenters. The van der Waals surface area contributed by atoms with Crippen molar-refractivity contribution < 1.29 is 4.32 Å². The maximum absolute atomic E-state index is 12.1. The van der Waals surface area contributed by atoms with Gasteiger partial charge in [-0.05, 0) is 30.4 Å². The monoisotopic (exact) mass is 178 g/mol. The molecule has 0 N–H and O–H groups in total. The molecule has 0 saturated carbocycles. The molecule has 0 spiro atoms. The molecule has 2 nitrogen and oxygen atoms in total. The highest BCUT2D eigenvalue weighted by molar-refractivity contribution is 6.46. The molecular weight excluding hydrogens is 168 g/mol. The van der Waals surface area contributed by atoms with Gasteiger partial charge in [0, 0.05) is 0 Å². The van der Waals surface area contributed by atoms with Crippen molar-refractivity contribution in [2.75, 3.05) is 0 Å². The van der Waals surface area contributed by atoms with E-state index < -0.39 is 0 Å². The lowest BCUT2D eigenvalue weighted by Gasteiger charge is -2.07. The summed E-state index contributed by atoms with van der Waals surface area (Å²) in [7, 11) is 0.537. The third-order valence-corrected chi connectivity index (χ3v) is 2.03. The van der Waals surface area contributed by atoms with Gasteiger partial charge in [-0.3, -0.25) is 0 Å². The molecule has 1 rings (SSSR count). The second kappa shape index (κ2) is 4.17. The van der Waals surface area contributed by atoms with Gasteiger partial charge in [0.1, 0.15) is 6.04 Å². The molecule has 0 amide bonds. The van der Waals surface area contributed by atoms with E-state index in [9.17, 15) is 9.22 Å². The molecular formula is C9H10BFNO. The Bertz CT molecular complexity index is 316. The van der Waals surface area contributed by atoms with Crippen LogP contribution in [0.5, 0.6) is 0 Å². The van der Waals surface area contributed by atoms with Crippen LogP contribution < -0.4 is 5.46 Å². The third kappa shape index (κ3) is 2.14. The first-order valence-corrected chi connectivity index (χ1v) is 4.05. The maximum Gasteiger partial charge on any atom is 0.391 e. The zero-order valence-electron chi connectivity index (χ0n) is 7.62. The van der Waals surface area contributed by atoms with Crippen molar-refractivity contribution in [2.45, 2.75) is 19.9 Å². The Hall–Kier alpha value is -1.19. The molecule has 0 heterocycles. The second-order valence-electron chi connectivity index (χ2n) is 3.01. The van der Waals surface area contributed by atoms with Gasteiger partial charge in [0.15, 0.2) is 0 Å². The fourth-order valence-electron chi connectivity index (χ4n) is 1.29. The molecule has 13 heavy (non-hydrogen) atoms. The highest BCUT2D eigenvalue weighted by Crippen LogP contribution is 2.18. The highest BCUT2D eigenvalue weighted by Gasteiger charge is 2.08. The molecule has 0 aromatic heterocycles. The molecule has 1 aromatic carbocycles. The van der Waals surface area contributed by atoms with E-state index in [0.29, 0.717) is 13.0 Å². The quantitative estimate of drug-likeness (QED) is 0.514. The molecule has 1 radical (unpaired) electrons. The lowest BCUT2D eigenvalue weighted by atomic mass is 9.87. The fraction of sp³-hybridized carbons (Fsp3) is 0.333. The number of hydrogen-bond acceptors (Lipinski definition) is 2. The van der Waals surface area contributed by atoms with Crippen LogP contribution in [0.15, 0.2) is 23.4 Å². The molecule has 0 aliphatic carbocycles. The van der Waals surface area contributed by atoms with Crippen LogP contribution in [-0.4, -0.2) is 7.56 Å². The summed E-state index contributed by atoms with van der Waals surface area (Å²) in [6, 6.07) is 4.68. The minimum atomic E-state index is -0.367. The molecule has 1 atom stereocenters. The topological polar surface area (TPSA) is 29.4 Å². The maximum atomic E-state index is 12.1. The first kappa shape index (κ1) is 9.90. The molecule has 0 fully saturated rings. The minimum Gasteiger partial charge on any atom is -0.335 e. The fourth-order valence-corrected chi connectivity index (χ4v) is 1.29. The predicted molar refractivity (Wildman–Crippen MR) is 51.9 cm³/mol. The largest absolute Gasteiger partial charge is 0.391 e. The van der Waals surface area contributed by atoms with Crippen LogP contribution in [0.2, 0.25) is 0 Å². The van der Waals surface area contributed by atoms with Crippen molar-refractivity contribution in [1.29, 1.82) is 0 Å². The van der Waals surface area contributed by atoms with Crippen LogP contribution in [0.4, 0.5) is 4.32 Å². The average molecular weight is 178 g/mol. The van der Waals surface area contributed by atoms with Gasteiger partial charge in [0.25, 0.3) is 0 Å². The highest BCUT2D eigenvalue weighted by atomic mass is 19.1. The smallest absolute Gasteiger partial charge is 0.335 e. The molecule has 4 heteroatoms.